The molecule has 2 aromatic heterocycles. The van der Waals surface area contributed by atoms with Crippen molar-refractivity contribution < 1.29 is 9.59 Å². The van der Waals surface area contributed by atoms with Crippen LogP contribution in [-0.2, 0) is 0 Å². The molecule has 0 fully saturated rings. The predicted octanol–water partition coefficient (Wildman–Crippen LogP) is 8.50. The van der Waals surface area contributed by atoms with Crippen LogP contribution in [0.2, 0.25) is 0 Å². The van der Waals surface area contributed by atoms with Crippen LogP contribution >= 0.6 is 22.7 Å². The minimum Gasteiger partial charge on any atom is -0.345 e. The van der Waals surface area contributed by atoms with Crippen molar-refractivity contribution in [1.82, 2.24) is 10.6 Å². The highest BCUT2D eigenvalue weighted by molar-refractivity contribution is 7.14. The molecule has 0 bridgehead atoms. The van der Waals surface area contributed by atoms with Gasteiger partial charge in [0.15, 0.2) is 0 Å². The first-order valence-electron chi connectivity index (χ1n) is 13.5. The number of hydrogen-bond donors (Lipinski definition) is 2. The monoisotopic (exact) mass is 554 g/mol. The van der Waals surface area contributed by atoms with Crippen molar-refractivity contribution >= 4 is 45.6 Å². The molecule has 4 nitrogen and oxygen atoms in total. The van der Waals surface area contributed by atoms with E-state index in [0.29, 0.717) is 0 Å². The van der Waals surface area contributed by atoms with Gasteiger partial charge >= 0.3 is 0 Å². The third-order valence-corrected chi connectivity index (χ3v) is 9.54. The molecule has 2 atom stereocenters. The molecule has 0 radical (unpaired) electrons. The smallest absolute Gasteiger partial charge is 0.261 e. The van der Waals surface area contributed by atoms with Gasteiger partial charge in [-0.25, -0.2) is 0 Å². The third kappa shape index (κ3) is 5.92. The number of aryl methyl sites for hydroxylation is 2. The van der Waals surface area contributed by atoms with E-state index in [1.165, 1.54) is 22.3 Å². The largest absolute Gasteiger partial charge is 0.345 e. The SMILES string of the molecule is Cc1sc(C(=O)N[C@H](C)c2ccccc2)cc1C1=C(c2cc(C(=O)N[C@H](C)c3ccccc3)sc2C)CCC1. The lowest BCUT2D eigenvalue weighted by Gasteiger charge is -2.13. The molecule has 1 aliphatic carbocycles. The maximum Gasteiger partial charge on any atom is 0.261 e. The Hall–Kier alpha value is -3.48. The summed E-state index contributed by atoms with van der Waals surface area (Å²) >= 11 is 3.11. The molecule has 4 aromatic rings. The topological polar surface area (TPSA) is 58.2 Å². The van der Waals surface area contributed by atoms with Gasteiger partial charge in [-0.05, 0) is 92.5 Å². The van der Waals surface area contributed by atoms with Crippen molar-refractivity contribution in [3.8, 4) is 0 Å². The summed E-state index contributed by atoms with van der Waals surface area (Å²) in [5.41, 5.74) is 7.13. The number of carbonyl (C=O) groups is 2. The molecule has 0 saturated carbocycles. The summed E-state index contributed by atoms with van der Waals surface area (Å²) in [7, 11) is 0. The lowest BCUT2D eigenvalue weighted by molar-refractivity contribution is 0.0935. The fraction of sp³-hybridized carbons (Fsp3) is 0.273. The van der Waals surface area contributed by atoms with Crippen molar-refractivity contribution in [3.05, 3.63) is 115 Å². The van der Waals surface area contributed by atoms with Gasteiger partial charge in [0.25, 0.3) is 11.8 Å². The quantitative estimate of drug-likeness (QED) is 0.229. The predicted molar refractivity (Wildman–Crippen MR) is 163 cm³/mol. The van der Waals surface area contributed by atoms with Gasteiger partial charge in [0.05, 0.1) is 21.8 Å². The van der Waals surface area contributed by atoms with Gasteiger partial charge in [-0.1, -0.05) is 60.7 Å². The van der Waals surface area contributed by atoms with Crippen molar-refractivity contribution in [3.63, 3.8) is 0 Å². The highest BCUT2D eigenvalue weighted by Crippen LogP contribution is 2.45. The van der Waals surface area contributed by atoms with Crippen LogP contribution in [0.5, 0.6) is 0 Å². The van der Waals surface area contributed by atoms with Crippen molar-refractivity contribution in [2.75, 3.05) is 0 Å². The number of rotatable bonds is 8. The molecule has 2 amide bonds. The summed E-state index contributed by atoms with van der Waals surface area (Å²) in [6.45, 7) is 8.23. The van der Waals surface area contributed by atoms with Crippen LogP contribution < -0.4 is 10.6 Å². The molecular formula is C33H34N2O2S2. The van der Waals surface area contributed by atoms with E-state index in [4.69, 9.17) is 0 Å². The van der Waals surface area contributed by atoms with Crippen molar-refractivity contribution in [2.45, 2.75) is 59.0 Å². The van der Waals surface area contributed by atoms with Gasteiger partial charge < -0.3 is 10.6 Å². The molecule has 1 aliphatic rings. The summed E-state index contributed by atoms with van der Waals surface area (Å²) in [6, 6.07) is 24.1. The molecule has 200 valence electrons. The number of amides is 2. The molecule has 2 aromatic carbocycles. The Kier molecular flexibility index (Phi) is 8.15. The van der Waals surface area contributed by atoms with E-state index in [1.54, 1.807) is 22.7 Å². The maximum atomic E-state index is 13.1. The standard InChI is InChI=1S/C33H34N2O2S2/c1-20(24-12-7-5-8-13-24)34-32(36)30-18-28(22(3)38-30)26-16-11-17-27(26)29-19-31(39-23(29)4)33(37)35-21(2)25-14-9-6-10-15-25/h5-10,12-15,18-21H,11,16-17H2,1-4H3,(H,34,36)(H,35,37)/t20-,21-/m1/s1. The van der Waals surface area contributed by atoms with Crippen molar-refractivity contribution in [1.29, 1.82) is 0 Å². The van der Waals surface area contributed by atoms with E-state index in [-0.39, 0.29) is 23.9 Å². The summed E-state index contributed by atoms with van der Waals surface area (Å²) in [5, 5.41) is 6.30. The highest BCUT2D eigenvalue weighted by atomic mass is 32.1. The second-order valence-corrected chi connectivity index (χ2v) is 12.7. The zero-order valence-electron chi connectivity index (χ0n) is 22.8. The Balaban J connectivity index is 1.36. The summed E-state index contributed by atoms with van der Waals surface area (Å²) in [4.78, 5) is 30.0. The lowest BCUT2D eigenvalue weighted by atomic mass is 9.97. The van der Waals surface area contributed by atoms with Gasteiger partial charge in [-0.2, -0.15) is 0 Å². The zero-order valence-corrected chi connectivity index (χ0v) is 24.5. The number of thiophene rings is 2. The summed E-state index contributed by atoms with van der Waals surface area (Å²) in [6.07, 6.45) is 3.04. The third-order valence-electron chi connectivity index (χ3n) is 7.45. The molecule has 0 aliphatic heterocycles. The van der Waals surface area contributed by atoms with Crippen LogP contribution in [0.25, 0.3) is 11.1 Å². The van der Waals surface area contributed by atoms with Crippen LogP contribution in [0.1, 0.15) is 96.5 Å². The van der Waals surface area contributed by atoms with E-state index in [9.17, 15) is 9.59 Å². The molecule has 0 spiro atoms. The Morgan fingerprint density at radius 2 is 1.05 bits per heavy atom. The van der Waals surface area contributed by atoms with E-state index in [1.807, 2.05) is 74.5 Å². The minimum absolute atomic E-state index is 0.0379. The summed E-state index contributed by atoms with van der Waals surface area (Å²) < 4.78 is 0. The summed E-state index contributed by atoms with van der Waals surface area (Å²) in [5.74, 6) is -0.0758. The first-order chi connectivity index (χ1) is 18.8. The number of allylic oxidation sites excluding steroid dienone is 2. The maximum absolute atomic E-state index is 13.1. The van der Waals surface area contributed by atoms with E-state index in [0.717, 1.165) is 49.9 Å². The zero-order chi connectivity index (χ0) is 27.5. The van der Waals surface area contributed by atoms with E-state index < -0.39 is 0 Å². The molecule has 2 N–H and O–H groups in total. The number of nitrogens with one attached hydrogen (secondary N) is 2. The van der Waals surface area contributed by atoms with Crippen LogP contribution in [0, 0.1) is 13.8 Å². The molecule has 6 heteroatoms. The van der Waals surface area contributed by atoms with Gasteiger partial charge in [-0.3, -0.25) is 9.59 Å². The molecule has 2 heterocycles. The number of carbonyl (C=O) groups excluding carboxylic acids is 2. The Bertz CT molecular complexity index is 1400. The normalized spacial score (nSPS) is 14.8. The number of benzene rings is 2. The molecular weight excluding hydrogens is 521 g/mol. The highest BCUT2D eigenvalue weighted by Gasteiger charge is 2.25. The second-order valence-electron chi connectivity index (χ2n) is 10.2. The lowest BCUT2D eigenvalue weighted by Crippen LogP contribution is -2.25. The number of hydrogen-bond acceptors (Lipinski definition) is 4. The van der Waals surface area contributed by atoms with Gasteiger partial charge in [-0.15, -0.1) is 22.7 Å². The van der Waals surface area contributed by atoms with Crippen LogP contribution in [0.4, 0.5) is 0 Å². The average molecular weight is 555 g/mol. The first-order valence-corrected chi connectivity index (χ1v) is 15.1. The Labute approximate surface area is 238 Å². The van der Waals surface area contributed by atoms with Gasteiger partial charge in [0.2, 0.25) is 0 Å². The van der Waals surface area contributed by atoms with Gasteiger partial charge in [0.1, 0.15) is 0 Å². The van der Waals surface area contributed by atoms with Gasteiger partial charge in [0, 0.05) is 9.75 Å². The van der Waals surface area contributed by atoms with Crippen LogP contribution in [0.15, 0.2) is 72.8 Å². The average Bonchev–Trinajstić information content (AvgIpc) is 3.67. The first kappa shape index (κ1) is 27.1. The van der Waals surface area contributed by atoms with E-state index >= 15 is 0 Å². The Morgan fingerprint density at radius 1 is 0.667 bits per heavy atom. The minimum atomic E-state index is -0.0616. The van der Waals surface area contributed by atoms with E-state index in [2.05, 4.69) is 36.6 Å². The Morgan fingerprint density at radius 3 is 1.44 bits per heavy atom. The second kappa shape index (κ2) is 11.7. The van der Waals surface area contributed by atoms with Crippen LogP contribution in [-0.4, -0.2) is 11.8 Å². The van der Waals surface area contributed by atoms with Crippen molar-refractivity contribution in [2.24, 2.45) is 0 Å². The molecule has 39 heavy (non-hydrogen) atoms. The van der Waals surface area contributed by atoms with Crippen LogP contribution in [0.3, 0.4) is 0 Å². The molecule has 0 saturated heterocycles. The molecule has 5 rings (SSSR count). The fourth-order valence-corrected chi connectivity index (χ4v) is 7.21. The fourth-order valence-electron chi connectivity index (χ4n) is 5.31. The molecule has 0 unspecified atom stereocenters.